The first kappa shape index (κ1) is 16.4. The van der Waals surface area contributed by atoms with Crippen LogP contribution in [0.2, 0.25) is 5.02 Å². The predicted octanol–water partition coefficient (Wildman–Crippen LogP) is 3.20. The summed E-state index contributed by atoms with van der Waals surface area (Å²) in [5, 5.41) is 6.02. The van der Waals surface area contributed by atoms with Crippen LogP contribution in [0, 0.1) is 0 Å². The van der Waals surface area contributed by atoms with E-state index < -0.39 is 0 Å². The second-order valence-corrected chi connectivity index (χ2v) is 6.74. The Balaban J connectivity index is 1.63. The number of hydrogen-bond donors (Lipinski definition) is 1. The molecule has 1 aliphatic heterocycles. The summed E-state index contributed by atoms with van der Waals surface area (Å²) in [5.74, 6) is -0.0447. The van der Waals surface area contributed by atoms with E-state index in [4.69, 9.17) is 16.3 Å². The summed E-state index contributed by atoms with van der Waals surface area (Å²) in [5.41, 5.74) is 1.08. The zero-order valence-corrected chi connectivity index (χ0v) is 14.3. The molecule has 1 aromatic heterocycles. The lowest BCUT2D eigenvalue weighted by Crippen LogP contribution is -2.48. The number of nitrogens with one attached hydrogen (secondary N) is 1. The summed E-state index contributed by atoms with van der Waals surface area (Å²) in [6, 6.07) is 7.42. The summed E-state index contributed by atoms with van der Waals surface area (Å²) < 4.78 is 5.84. The van der Waals surface area contributed by atoms with Crippen LogP contribution >= 0.6 is 22.9 Å². The van der Waals surface area contributed by atoms with Gasteiger partial charge in [-0.2, -0.15) is 0 Å². The molecule has 0 spiro atoms. The van der Waals surface area contributed by atoms with E-state index in [0.717, 1.165) is 12.1 Å². The molecule has 1 aliphatic rings. The Morgan fingerprint density at radius 1 is 1.48 bits per heavy atom. The third kappa shape index (κ3) is 4.09. The van der Waals surface area contributed by atoms with Gasteiger partial charge < -0.3 is 10.1 Å². The van der Waals surface area contributed by atoms with E-state index in [2.05, 4.69) is 15.2 Å². The number of carbonyl (C=O) groups excluding carboxylic acids is 1. The predicted molar refractivity (Wildman–Crippen MR) is 91.9 cm³/mol. The maximum atomic E-state index is 12.4. The van der Waals surface area contributed by atoms with Crippen molar-refractivity contribution in [3.8, 4) is 0 Å². The lowest BCUT2D eigenvalue weighted by Gasteiger charge is -2.36. The SMILES string of the molecule is C[C@H](C(=O)Nc1nccs1)N1CCO[C@H](c2ccc(Cl)cc2)C1. The number of morpholine rings is 1. The van der Waals surface area contributed by atoms with Gasteiger partial charge in [0.25, 0.3) is 0 Å². The van der Waals surface area contributed by atoms with Crippen molar-refractivity contribution >= 4 is 34.0 Å². The maximum absolute atomic E-state index is 12.4. The van der Waals surface area contributed by atoms with Gasteiger partial charge in [0.2, 0.25) is 5.91 Å². The Bertz CT molecular complexity index is 648. The lowest BCUT2D eigenvalue weighted by molar-refractivity contribution is -0.124. The molecule has 5 nitrogen and oxygen atoms in total. The number of thiazole rings is 1. The zero-order chi connectivity index (χ0) is 16.2. The van der Waals surface area contributed by atoms with Gasteiger partial charge in [0.05, 0.1) is 18.8 Å². The first-order chi connectivity index (χ1) is 11.1. The van der Waals surface area contributed by atoms with Crippen molar-refractivity contribution < 1.29 is 9.53 Å². The minimum atomic E-state index is -0.238. The van der Waals surface area contributed by atoms with Crippen LogP contribution in [0.3, 0.4) is 0 Å². The number of nitrogens with zero attached hydrogens (tertiary/aromatic N) is 2. The van der Waals surface area contributed by atoms with Gasteiger partial charge in [-0.15, -0.1) is 11.3 Å². The molecule has 3 rings (SSSR count). The number of benzene rings is 1. The zero-order valence-electron chi connectivity index (χ0n) is 12.7. The highest BCUT2D eigenvalue weighted by atomic mass is 35.5. The topological polar surface area (TPSA) is 54.5 Å². The normalized spacial score (nSPS) is 20.2. The molecule has 2 aromatic rings. The number of halogens is 1. The average molecular weight is 352 g/mol. The minimum absolute atomic E-state index is 0.0447. The second-order valence-electron chi connectivity index (χ2n) is 5.41. The summed E-state index contributed by atoms with van der Waals surface area (Å²) >= 11 is 7.35. The molecule has 2 heterocycles. The molecule has 122 valence electrons. The minimum Gasteiger partial charge on any atom is -0.371 e. The summed E-state index contributed by atoms with van der Waals surface area (Å²) in [6.45, 7) is 3.92. The highest BCUT2D eigenvalue weighted by molar-refractivity contribution is 7.13. The summed E-state index contributed by atoms with van der Waals surface area (Å²) in [6.07, 6.45) is 1.63. The van der Waals surface area contributed by atoms with Gasteiger partial charge in [-0.05, 0) is 24.6 Å². The number of hydrogen-bond acceptors (Lipinski definition) is 5. The van der Waals surface area contributed by atoms with Crippen molar-refractivity contribution in [1.29, 1.82) is 0 Å². The van der Waals surface area contributed by atoms with E-state index in [0.29, 0.717) is 23.3 Å². The Hall–Kier alpha value is -1.47. The molecule has 7 heteroatoms. The fourth-order valence-corrected chi connectivity index (χ4v) is 3.22. The standard InChI is InChI=1S/C16H18ClN3O2S/c1-11(15(21)19-16-18-6-9-23-16)20-7-8-22-14(10-20)12-2-4-13(17)5-3-12/h2-6,9,11,14H,7-8,10H2,1H3,(H,18,19,21)/t11-,14+/m1/s1. The molecule has 1 aromatic carbocycles. The number of ether oxygens (including phenoxy) is 1. The van der Waals surface area contributed by atoms with Gasteiger partial charge in [-0.25, -0.2) is 4.98 Å². The molecule has 1 amide bonds. The number of anilines is 1. The third-order valence-corrected chi connectivity index (χ3v) is 4.87. The molecule has 23 heavy (non-hydrogen) atoms. The highest BCUT2D eigenvalue weighted by Crippen LogP contribution is 2.25. The first-order valence-electron chi connectivity index (χ1n) is 7.45. The van der Waals surface area contributed by atoms with Crippen LogP contribution < -0.4 is 5.32 Å². The molecule has 0 radical (unpaired) electrons. The molecule has 0 saturated carbocycles. The van der Waals surface area contributed by atoms with Crippen molar-refractivity contribution in [2.24, 2.45) is 0 Å². The molecule has 0 unspecified atom stereocenters. The molecular weight excluding hydrogens is 334 g/mol. The average Bonchev–Trinajstić information content (AvgIpc) is 3.08. The van der Waals surface area contributed by atoms with Crippen molar-refractivity contribution in [3.63, 3.8) is 0 Å². The van der Waals surface area contributed by atoms with Gasteiger partial charge in [0.1, 0.15) is 0 Å². The van der Waals surface area contributed by atoms with Crippen molar-refractivity contribution in [2.75, 3.05) is 25.0 Å². The Labute approximate surface area is 144 Å². The van der Waals surface area contributed by atoms with Gasteiger partial charge >= 0.3 is 0 Å². The maximum Gasteiger partial charge on any atom is 0.243 e. The molecule has 1 fully saturated rings. The van der Waals surface area contributed by atoms with E-state index >= 15 is 0 Å². The number of aromatic nitrogens is 1. The van der Waals surface area contributed by atoms with Crippen molar-refractivity contribution in [2.45, 2.75) is 19.1 Å². The largest absolute Gasteiger partial charge is 0.371 e. The van der Waals surface area contributed by atoms with Crippen molar-refractivity contribution in [3.05, 3.63) is 46.4 Å². The van der Waals surface area contributed by atoms with Crippen LogP contribution in [0.5, 0.6) is 0 Å². The first-order valence-corrected chi connectivity index (χ1v) is 8.71. The molecular formula is C16H18ClN3O2S. The van der Waals surface area contributed by atoms with Gasteiger partial charge in [0.15, 0.2) is 5.13 Å². The van der Waals surface area contributed by atoms with E-state index in [-0.39, 0.29) is 18.1 Å². The molecule has 1 saturated heterocycles. The fraction of sp³-hybridized carbons (Fsp3) is 0.375. The Morgan fingerprint density at radius 3 is 2.96 bits per heavy atom. The van der Waals surface area contributed by atoms with E-state index in [9.17, 15) is 4.79 Å². The molecule has 1 N–H and O–H groups in total. The van der Waals surface area contributed by atoms with Gasteiger partial charge in [0, 0.05) is 29.7 Å². The number of carbonyl (C=O) groups is 1. The monoisotopic (exact) mass is 351 g/mol. The second kappa shape index (κ2) is 7.40. The van der Waals surface area contributed by atoms with Gasteiger partial charge in [-0.3, -0.25) is 9.69 Å². The van der Waals surface area contributed by atoms with Crippen LogP contribution in [0.15, 0.2) is 35.8 Å². The van der Waals surface area contributed by atoms with Crippen LogP contribution in [-0.4, -0.2) is 41.5 Å². The molecule has 0 aliphatic carbocycles. The smallest absolute Gasteiger partial charge is 0.243 e. The van der Waals surface area contributed by atoms with Crippen LogP contribution in [-0.2, 0) is 9.53 Å². The fourth-order valence-electron chi connectivity index (χ4n) is 2.56. The summed E-state index contributed by atoms with van der Waals surface area (Å²) in [4.78, 5) is 18.6. The van der Waals surface area contributed by atoms with Crippen LogP contribution in [0.1, 0.15) is 18.6 Å². The van der Waals surface area contributed by atoms with E-state index in [1.54, 1.807) is 6.20 Å². The van der Waals surface area contributed by atoms with Gasteiger partial charge in [-0.1, -0.05) is 23.7 Å². The Kier molecular flexibility index (Phi) is 5.27. The number of rotatable bonds is 4. The molecule has 0 bridgehead atoms. The van der Waals surface area contributed by atoms with E-state index in [1.807, 2.05) is 36.6 Å². The number of amides is 1. The van der Waals surface area contributed by atoms with Crippen LogP contribution in [0.4, 0.5) is 5.13 Å². The third-order valence-electron chi connectivity index (χ3n) is 3.93. The van der Waals surface area contributed by atoms with E-state index in [1.165, 1.54) is 11.3 Å². The lowest BCUT2D eigenvalue weighted by atomic mass is 10.1. The summed E-state index contributed by atoms with van der Waals surface area (Å²) in [7, 11) is 0. The Morgan fingerprint density at radius 2 is 2.26 bits per heavy atom. The highest BCUT2D eigenvalue weighted by Gasteiger charge is 2.29. The van der Waals surface area contributed by atoms with Crippen LogP contribution in [0.25, 0.3) is 0 Å². The van der Waals surface area contributed by atoms with Crippen molar-refractivity contribution in [1.82, 2.24) is 9.88 Å². The quantitative estimate of drug-likeness (QED) is 0.919. The molecule has 2 atom stereocenters.